The summed E-state index contributed by atoms with van der Waals surface area (Å²) in [6.45, 7) is 2.65. The van der Waals surface area contributed by atoms with Gasteiger partial charge in [-0.25, -0.2) is 9.97 Å². The first-order chi connectivity index (χ1) is 11.0. The van der Waals surface area contributed by atoms with Crippen LogP contribution in [0.4, 0.5) is 11.6 Å². The lowest BCUT2D eigenvalue weighted by Crippen LogP contribution is -2.51. The summed E-state index contributed by atoms with van der Waals surface area (Å²) in [6.07, 6.45) is 1.96. The molecule has 2 saturated heterocycles. The van der Waals surface area contributed by atoms with Crippen molar-refractivity contribution in [1.82, 2.24) is 25.9 Å². The van der Waals surface area contributed by atoms with Crippen molar-refractivity contribution in [3.63, 3.8) is 0 Å². The smallest absolute Gasteiger partial charge is 0.302 e. The highest BCUT2D eigenvalue weighted by Crippen LogP contribution is 2.21. The normalized spacial score (nSPS) is 21.2. The Morgan fingerprint density at radius 2 is 2.00 bits per heavy atom. The van der Waals surface area contributed by atoms with E-state index < -0.39 is 5.91 Å². The van der Waals surface area contributed by atoms with Crippen molar-refractivity contribution in [2.45, 2.75) is 22.8 Å². The molecule has 0 aromatic carbocycles. The number of carbonyl (C=O) groups is 1. The van der Waals surface area contributed by atoms with Gasteiger partial charge in [-0.05, 0) is 25.9 Å². The van der Waals surface area contributed by atoms with E-state index in [1.807, 2.05) is 0 Å². The van der Waals surface area contributed by atoms with E-state index in [1.54, 1.807) is 0 Å². The first-order valence-corrected chi connectivity index (χ1v) is 8.89. The second-order valence-corrected chi connectivity index (χ2v) is 6.46. The number of nitrogens with zero attached hydrogens (tertiary/aromatic N) is 3. The summed E-state index contributed by atoms with van der Waals surface area (Å²) in [4.78, 5) is 24.6. The lowest BCUT2D eigenvalue weighted by molar-refractivity contribution is 0.0998. The Morgan fingerprint density at radius 1 is 1.26 bits per heavy atom. The molecule has 1 aromatic rings. The van der Waals surface area contributed by atoms with E-state index in [2.05, 4.69) is 53.5 Å². The lowest BCUT2D eigenvalue weighted by atomic mass is 9.90. The van der Waals surface area contributed by atoms with Crippen LogP contribution in [0.3, 0.4) is 0 Å². The third-order valence-electron chi connectivity index (χ3n) is 4.11. The summed E-state index contributed by atoms with van der Waals surface area (Å²) >= 11 is 2.10. The topological polar surface area (TPSA) is 143 Å². The number of nitrogens with two attached hydrogens (primary N) is 2. The number of piperidine rings is 1. The first-order valence-electron chi connectivity index (χ1n) is 7.37. The lowest BCUT2D eigenvalue weighted by Gasteiger charge is -2.32. The molecule has 0 bridgehead atoms. The van der Waals surface area contributed by atoms with Crippen LogP contribution in [0.2, 0.25) is 0 Å². The molecule has 1 aromatic heterocycles. The minimum Gasteiger partial charge on any atom is -0.382 e. The molecule has 2 fully saturated rings. The SMILES string of the molecule is Nc1nc(N)c(C(=O)/N=C2\NCC3(CCNCC3)N2)nc1CI. The van der Waals surface area contributed by atoms with Crippen LogP contribution in [0.15, 0.2) is 4.99 Å². The third kappa shape index (κ3) is 3.32. The maximum atomic E-state index is 12.4. The number of alkyl halides is 1. The Balaban J connectivity index is 1.79. The van der Waals surface area contributed by atoms with E-state index in [-0.39, 0.29) is 22.9 Å². The van der Waals surface area contributed by atoms with Crippen molar-refractivity contribution >= 4 is 46.1 Å². The summed E-state index contributed by atoms with van der Waals surface area (Å²) < 4.78 is 0.542. The maximum Gasteiger partial charge on any atom is 0.302 e. The summed E-state index contributed by atoms with van der Waals surface area (Å²) in [5.74, 6) is 0.180. The predicted molar refractivity (Wildman–Crippen MR) is 96.3 cm³/mol. The number of halogens is 1. The Hall–Kier alpha value is -1.69. The number of amides is 1. The molecule has 0 aliphatic carbocycles. The van der Waals surface area contributed by atoms with Crippen molar-refractivity contribution < 1.29 is 4.79 Å². The van der Waals surface area contributed by atoms with Crippen LogP contribution >= 0.6 is 22.6 Å². The molecule has 0 atom stereocenters. The van der Waals surface area contributed by atoms with Crippen LogP contribution in [-0.4, -0.2) is 47.0 Å². The van der Waals surface area contributed by atoms with Gasteiger partial charge in [0.1, 0.15) is 5.82 Å². The molecule has 3 rings (SSSR count). The number of aliphatic imine (C=N–C) groups is 1. The largest absolute Gasteiger partial charge is 0.382 e. The molecule has 2 aliphatic rings. The van der Waals surface area contributed by atoms with Crippen LogP contribution in [0.25, 0.3) is 0 Å². The van der Waals surface area contributed by atoms with Crippen molar-refractivity contribution in [2.75, 3.05) is 31.1 Å². The van der Waals surface area contributed by atoms with E-state index in [4.69, 9.17) is 11.5 Å². The van der Waals surface area contributed by atoms with Gasteiger partial charge in [-0.15, -0.1) is 0 Å². The highest BCUT2D eigenvalue weighted by molar-refractivity contribution is 14.1. The van der Waals surface area contributed by atoms with E-state index in [0.717, 1.165) is 32.5 Å². The van der Waals surface area contributed by atoms with Gasteiger partial charge in [0, 0.05) is 11.0 Å². The third-order valence-corrected chi connectivity index (χ3v) is 4.83. The van der Waals surface area contributed by atoms with Crippen LogP contribution in [0.1, 0.15) is 29.0 Å². The molecule has 0 saturated carbocycles. The first kappa shape index (κ1) is 16.2. The van der Waals surface area contributed by atoms with Crippen molar-refractivity contribution in [2.24, 2.45) is 4.99 Å². The fourth-order valence-corrected chi connectivity index (χ4v) is 3.34. The standard InChI is InChI=1S/C13H19IN8O/c14-5-7-9(15)20-10(16)8(19-7)11(23)21-12-18-6-13(22-12)1-3-17-4-2-13/h17H,1-6H2,(H4,15,16,20)(H2,18,21,22,23). The quantitative estimate of drug-likeness (QED) is 0.309. The zero-order chi connectivity index (χ0) is 16.4. The van der Waals surface area contributed by atoms with E-state index in [1.165, 1.54) is 0 Å². The van der Waals surface area contributed by atoms with Gasteiger partial charge in [0.05, 0.1) is 11.2 Å². The van der Waals surface area contributed by atoms with Crippen LogP contribution in [-0.2, 0) is 4.43 Å². The summed E-state index contributed by atoms with van der Waals surface area (Å²) in [5.41, 5.74) is 12.0. The second-order valence-electron chi connectivity index (χ2n) is 5.70. The monoisotopic (exact) mass is 430 g/mol. The summed E-state index contributed by atoms with van der Waals surface area (Å²) in [5, 5.41) is 9.80. The molecule has 0 unspecified atom stereocenters. The van der Waals surface area contributed by atoms with E-state index in [0.29, 0.717) is 16.1 Å². The van der Waals surface area contributed by atoms with Gasteiger partial charge in [0.2, 0.25) is 0 Å². The molecule has 124 valence electrons. The zero-order valence-corrected chi connectivity index (χ0v) is 14.7. The Labute approximate surface area is 147 Å². The van der Waals surface area contributed by atoms with E-state index >= 15 is 0 Å². The number of anilines is 2. The van der Waals surface area contributed by atoms with Crippen LogP contribution in [0, 0.1) is 0 Å². The van der Waals surface area contributed by atoms with Crippen molar-refractivity contribution in [1.29, 1.82) is 0 Å². The van der Waals surface area contributed by atoms with E-state index in [9.17, 15) is 4.79 Å². The number of aromatic nitrogens is 2. The molecule has 7 N–H and O–H groups in total. The van der Waals surface area contributed by atoms with Gasteiger partial charge in [-0.3, -0.25) is 4.79 Å². The fourth-order valence-electron chi connectivity index (χ4n) is 2.77. The summed E-state index contributed by atoms with van der Waals surface area (Å²) in [6, 6.07) is 0. The van der Waals surface area contributed by atoms with Crippen molar-refractivity contribution in [3.8, 4) is 0 Å². The van der Waals surface area contributed by atoms with Gasteiger partial charge in [-0.2, -0.15) is 4.99 Å². The van der Waals surface area contributed by atoms with Gasteiger partial charge in [0.25, 0.3) is 0 Å². The predicted octanol–water partition coefficient (Wildman–Crippen LogP) is -0.613. The molecule has 3 heterocycles. The zero-order valence-electron chi connectivity index (χ0n) is 12.5. The number of hydrogen-bond acceptors (Lipinski definition) is 6. The average Bonchev–Trinajstić information content (AvgIpc) is 2.90. The van der Waals surface area contributed by atoms with Crippen LogP contribution < -0.4 is 27.4 Å². The molecule has 9 nitrogen and oxygen atoms in total. The van der Waals surface area contributed by atoms with Crippen LogP contribution in [0.5, 0.6) is 0 Å². The Morgan fingerprint density at radius 3 is 2.70 bits per heavy atom. The van der Waals surface area contributed by atoms with Gasteiger partial charge < -0.3 is 27.4 Å². The minimum absolute atomic E-state index is 0.0000246. The number of nitrogen functional groups attached to an aromatic ring is 2. The van der Waals surface area contributed by atoms with Gasteiger partial charge in [0.15, 0.2) is 17.5 Å². The molecule has 1 spiro atoms. The van der Waals surface area contributed by atoms with Crippen molar-refractivity contribution in [3.05, 3.63) is 11.4 Å². The Bertz CT molecular complexity index is 656. The second kappa shape index (κ2) is 6.43. The number of guanidine groups is 1. The number of carbonyl (C=O) groups excluding carboxylic acids is 1. The van der Waals surface area contributed by atoms with Gasteiger partial charge in [-0.1, -0.05) is 22.6 Å². The molecule has 0 radical (unpaired) electrons. The number of nitrogens with one attached hydrogen (secondary N) is 3. The maximum absolute atomic E-state index is 12.4. The molecule has 1 amide bonds. The molecule has 2 aliphatic heterocycles. The Kier molecular flexibility index (Phi) is 4.53. The highest BCUT2D eigenvalue weighted by atomic mass is 127. The molecular weight excluding hydrogens is 411 g/mol. The highest BCUT2D eigenvalue weighted by Gasteiger charge is 2.37. The average molecular weight is 430 g/mol. The minimum atomic E-state index is -0.526. The molecular formula is C13H19IN8O. The fraction of sp³-hybridized carbons (Fsp3) is 0.538. The molecule has 23 heavy (non-hydrogen) atoms. The molecule has 10 heteroatoms. The number of hydrogen-bond donors (Lipinski definition) is 5. The number of rotatable bonds is 2. The van der Waals surface area contributed by atoms with Gasteiger partial charge >= 0.3 is 5.91 Å². The summed E-state index contributed by atoms with van der Waals surface area (Å²) in [7, 11) is 0.